The molecule has 4 aromatic rings. The first-order valence-electron chi connectivity index (χ1n) is 11.9. The predicted molar refractivity (Wildman–Crippen MR) is 148 cm³/mol. The molecule has 2 aromatic heterocycles. The van der Waals surface area contributed by atoms with Crippen LogP contribution in [-0.2, 0) is 10.0 Å². The highest BCUT2D eigenvalue weighted by Crippen LogP contribution is 2.37. The number of anilines is 2. The van der Waals surface area contributed by atoms with Gasteiger partial charge in [0.15, 0.2) is 11.5 Å². The van der Waals surface area contributed by atoms with Crippen LogP contribution in [0.1, 0.15) is 48.0 Å². The molecule has 0 unspecified atom stereocenters. The van der Waals surface area contributed by atoms with E-state index in [0.717, 1.165) is 19.1 Å². The average molecular weight is 553 g/mol. The number of nitrogens with two attached hydrogens (primary N) is 1. The van der Waals surface area contributed by atoms with Crippen LogP contribution in [0.3, 0.4) is 0 Å². The van der Waals surface area contributed by atoms with Crippen molar-refractivity contribution in [2.75, 3.05) is 16.7 Å². The summed E-state index contributed by atoms with van der Waals surface area (Å²) in [4.78, 5) is 35.2. The molecule has 0 aliphatic heterocycles. The highest BCUT2D eigenvalue weighted by molar-refractivity contribution is 7.92. The molecule has 0 bridgehead atoms. The normalized spacial score (nSPS) is 14.3. The maximum absolute atomic E-state index is 13.4. The summed E-state index contributed by atoms with van der Waals surface area (Å²) in [5.41, 5.74) is 7.62. The summed E-state index contributed by atoms with van der Waals surface area (Å²) in [5, 5.41) is 4.44. The van der Waals surface area contributed by atoms with E-state index < -0.39 is 22.0 Å². The third-order valence-corrected chi connectivity index (χ3v) is 7.16. The van der Waals surface area contributed by atoms with E-state index in [4.69, 9.17) is 17.3 Å². The minimum absolute atomic E-state index is 0.0542. The number of sulfonamides is 1. The maximum atomic E-state index is 13.4. The standard InChI is InChI=1S/C26H25ClN6O4S/c1-14(21-12-16-6-4-8-19(27)22(16)26(35)33(21)18-9-10-18)30-25(34)23-24(28)29-13-20(31-23)15-5-3-7-17(11-15)32-38(2,36)37/h3-8,11-14,18,32H,9-10H2,1-2H3,(H2,28,29)(H,30,34)/t14-/m0/s1. The Hall–Kier alpha value is -3.96. The third-order valence-electron chi connectivity index (χ3n) is 6.24. The van der Waals surface area contributed by atoms with E-state index in [2.05, 4.69) is 20.0 Å². The van der Waals surface area contributed by atoms with Crippen LogP contribution in [0.25, 0.3) is 22.0 Å². The Bertz CT molecular complexity index is 1750. The molecule has 1 saturated carbocycles. The van der Waals surface area contributed by atoms with Crippen molar-refractivity contribution in [3.05, 3.63) is 81.5 Å². The molecule has 1 atom stereocenters. The lowest BCUT2D eigenvalue weighted by Crippen LogP contribution is -2.33. The van der Waals surface area contributed by atoms with Gasteiger partial charge in [0.25, 0.3) is 11.5 Å². The molecule has 2 heterocycles. The third kappa shape index (κ3) is 5.20. The van der Waals surface area contributed by atoms with Gasteiger partial charge in [0.1, 0.15) is 0 Å². The zero-order valence-corrected chi connectivity index (χ0v) is 22.2. The van der Waals surface area contributed by atoms with E-state index in [-0.39, 0.29) is 23.1 Å². The molecule has 5 rings (SSSR count). The maximum Gasteiger partial charge on any atom is 0.274 e. The second kappa shape index (κ2) is 9.73. The first-order chi connectivity index (χ1) is 18.0. The Balaban J connectivity index is 1.47. The lowest BCUT2D eigenvalue weighted by Gasteiger charge is -2.21. The van der Waals surface area contributed by atoms with Crippen LogP contribution in [-0.4, -0.2) is 35.1 Å². The molecule has 2 aromatic carbocycles. The van der Waals surface area contributed by atoms with Gasteiger partial charge in [0.05, 0.1) is 34.6 Å². The van der Waals surface area contributed by atoms with Crippen molar-refractivity contribution >= 4 is 49.8 Å². The van der Waals surface area contributed by atoms with Crippen molar-refractivity contribution in [1.82, 2.24) is 19.9 Å². The SMILES string of the molecule is C[C@H](NC(=O)c1nc(-c2cccc(NS(C)(=O)=O)c2)cnc1N)c1cc2cccc(Cl)c2c(=O)n1C1CC1. The molecule has 0 saturated heterocycles. The minimum Gasteiger partial charge on any atom is -0.382 e. The van der Waals surface area contributed by atoms with Gasteiger partial charge in [-0.3, -0.25) is 14.3 Å². The zero-order valence-electron chi connectivity index (χ0n) is 20.6. The molecule has 12 heteroatoms. The first-order valence-corrected chi connectivity index (χ1v) is 14.1. The molecule has 0 spiro atoms. The molecule has 1 aliphatic carbocycles. The van der Waals surface area contributed by atoms with Gasteiger partial charge in [-0.1, -0.05) is 35.9 Å². The van der Waals surface area contributed by atoms with Gasteiger partial charge >= 0.3 is 0 Å². The number of hydrogen-bond acceptors (Lipinski definition) is 7. The molecule has 4 N–H and O–H groups in total. The Labute approximate surface area is 223 Å². The lowest BCUT2D eigenvalue weighted by molar-refractivity contribution is 0.0934. The van der Waals surface area contributed by atoms with Crippen LogP contribution in [0, 0.1) is 0 Å². The van der Waals surface area contributed by atoms with E-state index >= 15 is 0 Å². The van der Waals surface area contributed by atoms with Gasteiger partial charge in [-0.2, -0.15) is 0 Å². The van der Waals surface area contributed by atoms with Crippen LogP contribution in [0.2, 0.25) is 5.02 Å². The van der Waals surface area contributed by atoms with Gasteiger partial charge in [-0.25, -0.2) is 18.4 Å². The molecule has 10 nitrogen and oxygen atoms in total. The Morgan fingerprint density at radius 3 is 2.63 bits per heavy atom. The van der Waals surface area contributed by atoms with Gasteiger partial charge in [-0.15, -0.1) is 0 Å². The molecule has 1 amide bonds. The van der Waals surface area contributed by atoms with Crippen molar-refractivity contribution in [2.45, 2.75) is 31.8 Å². The van der Waals surface area contributed by atoms with Crippen molar-refractivity contribution in [3.8, 4) is 11.3 Å². The summed E-state index contributed by atoms with van der Waals surface area (Å²) in [6.45, 7) is 1.79. The number of fused-ring (bicyclic) bond motifs is 1. The summed E-state index contributed by atoms with van der Waals surface area (Å²) < 4.78 is 27.3. The van der Waals surface area contributed by atoms with Crippen molar-refractivity contribution in [3.63, 3.8) is 0 Å². The van der Waals surface area contributed by atoms with Gasteiger partial charge in [0.2, 0.25) is 10.0 Å². The molecule has 1 fully saturated rings. The molecule has 38 heavy (non-hydrogen) atoms. The second-order valence-corrected chi connectivity index (χ2v) is 11.5. The Kier molecular flexibility index (Phi) is 6.58. The zero-order chi connectivity index (χ0) is 27.2. The largest absolute Gasteiger partial charge is 0.382 e. The van der Waals surface area contributed by atoms with E-state index in [9.17, 15) is 18.0 Å². The summed E-state index contributed by atoms with van der Waals surface area (Å²) in [6, 6.07) is 13.2. The quantitative estimate of drug-likeness (QED) is 0.315. The fourth-order valence-electron chi connectivity index (χ4n) is 4.40. The number of amides is 1. The average Bonchev–Trinajstić information content (AvgIpc) is 3.68. The first kappa shape index (κ1) is 25.7. The van der Waals surface area contributed by atoms with Crippen LogP contribution in [0.5, 0.6) is 0 Å². The van der Waals surface area contributed by atoms with E-state index in [1.54, 1.807) is 47.9 Å². The summed E-state index contributed by atoms with van der Waals surface area (Å²) in [5.74, 6) is -0.621. The monoisotopic (exact) mass is 552 g/mol. The Morgan fingerprint density at radius 1 is 1.18 bits per heavy atom. The van der Waals surface area contributed by atoms with Crippen LogP contribution in [0.4, 0.5) is 11.5 Å². The van der Waals surface area contributed by atoms with Crippen LogP contribution < -0.4 is 21.3 Å². The van der Waals surface area contributed by atoms with Crippen molar-refractivity contribution in [1.29, 1.82) is 0 Å². The molecular weight excluding hydrogens is 528 g/mol. The van der Waals surface area contributed by atoms with E-state index in [1.807, 2.05) is 12.1 Å². The topological polar surface area (TPSA) is 149 Å². The number of halogens is 1. The molecule has 196 valence electrons. The van der Waals surface area contributed by atoms with E-state index in [0.29, 0.717) is 38.4 Å². The number of nitrogen functional groups attached to an aromatic ring is 1. The number of carbonyl (C=O) groups excluding carboxylic acids is 1. The minimum atomic E-state index is -3.47. The molecule has 0 radical (unpaired) electrons. The molecular formula is C26H25ClN6O4S. The second-order valence-electron chi connectivity index (χ2n) is 9.32. The summed E-state index contributed by atoms with van der Waals surface area (Å²) >= 11 is 6.33. The number of nitrogens with one attached hydrogen (secondary N) is 2. The lowest BCUT2D eigenvalue weighted by atomic mass is 10.1. The van der Waals surface area contributed by atoms with Gasteiger partial charge < -0.3 is 15.6 Å². The smallest absolute Gasteiger partial charge is 0.274 e. The number of nitrogens with zero attached hydrogens (tertiary/aromatic N) is 3. The van der Waals surface area contributed by atoms with Crippen LogP contribution in [0.15, 0.2) is 59.5 Å². The predicted octanol–water partition coefficient (Wildman–Crippen LogP) is 3.89. The fraction of sp³-hybridized carbons (Fsp3) is 0.231. The highest BCUT2D eigenvalue weighted by atomic mass is 35.5. The number of hydrogen-bond donors (Lipinski definition) is 3. The number of carbonyl (C=O) groups is 1. The number of rotatable bonds is 7. The fourth-order valence-corrected chi connectivity index (χ4v) is 5.21. The van der Waals surface area contributed by atoms with Gasteiger partial charge in [0, 0.05) is 23.0 Å². The van der Waals surface area contributed by atoms with Gasteiger partial charge in [-0.05, 0) is 49.4 Å². The summed E-state index contributed by atoms with van der Waals surface area (Å²) in [7, 11) is -3.47. The van der Waals surface area contributed by atoms with E-state index in [1.165, 1.54) is 6.20 Å². The molecule has 1 aliphatic rings. The number of aromatic nitrogens is 3. The highest BCUT2D eigenvalue weighted by Gasteiger charge is 2.30. The number of benzene rings is 2. The number of pyridine rings is 1. The summed E-state index contributed by atoms with van der Waals surface area (Å²) in [6.07, 6.45) is 4.21. The van der Waals surface area contributed by atoms with Crippen molar-refractivity contribution < 1.29 is 13.2 Å². The van der Waals surface area contributed by atoms with Crippen LogP contribution >= 0.6 is 11.6 Å². The Morgan fingerprint density at radius 2 is 1.92 bits per heavy atom. The van der Waals surface area contributed by atoms with Crippen molar-refractivity contribution in [2.24, 2.45) is 0 Å².